The number of quaternary nitrogens is 1. The molecule has 11 nitrogen and oxygen atoms in total. The number of anilines is 1. The van der Waals surface area contributed by atoms with Gasteiger partial charge in [0.1, 0.15) is 18.5 Å². The number of aromatic nitrogens is 2. The molecule has 1 atom stereocenters. The van der Waals surface area contributed by atoms with E-state index < -0.39 is 29.8 Å². The van der Waals surface area contributed by atoms with Crippen molar-refractivity contribution in [2.24, 2.45) is 11.1 Å². The van der Waals surface area contributed by atoms with Crippen LogP contribution in [0.2, 0.25) is 0 Å². The maximum absolute atomic E-state index is 15.4. The summed E-state index contributed by atoms with van der Waals surface area (Å²) in [6, 6.07) is 2.75. The van der Waals surface area contributed by atoms with Crippen LogP contribution in [0.5, 0.6) is 0 Å². The number of aryl methyl sites for hydroxylation is 1. The van der Waals surface area contributed by atoms with E-state index >= 15 is 4.39 Å². The first kappa shape index (κ1) is 33.1. The van der Waals surface area contributed by atoms with Gasteiger partial charge in [0.2, 0.25) is 0 Å². The average molecular weight is 615 g/mol. The van der Waals surface area contributed by atoms with Gasteiger partial charge in [0.05, 0.1) is 61.5 Å². The molecule has 2 aromatic rings. The molecule has 2 aliphatic rings. The molecular formula is C32H45FN5O6+. The molecule has 0 aliphatic heterocycles. The Balaban J connectivity index is 1.47. The molecule has 1 unspecified atom stereocenters. The van der Waals surface area contributed by atoms with Crippen LogP contribution in [0.15, 0.2) is 12.1 Å². The van der Waals surface area contributed by atoms with Crippen LogP contribution in [0.1, 0.15) is 91.4 Å². The van der Waals surface area contributed by atoms with Crippen LogP contribution in [0.25, 0.3) is 5.69 Å². The number of hydrogen-bond acceptors (Lipinski definition) is 8. The van der Waals surface area contributed by atoms with E-state index in [-0.39, 0.29) is 41.0 Å². The SMILES string of the molecule is CC(=O)OC(CC(=O)OC1CCC(Nc2cc(-n3nc(C)c4c3CC(C)(C)CC4=O)cc(F)c2C(N)=O)CC1)C[N+](C)(C)C. The number of nitrogens with one attached hydrogen (secondary N) is 1. The molecule has 240 valence electrons. The lowest BCUT2D eigenvalue weighted by atomic mass is 9.75. The van der Waals surface area contributed by atoms with Crippen molar-refractivity contribution in [2.45, 2.75) is 90.9 Å². The summed E-state index contributed by atoms with van der Waals surface area (Å²) in [6.45, 7) is 7.59. The highest BCUT2D eigenvalue weighted by Crippen LogP contribution is 2.38. The van der Waals surface area contributed by atoms with E-state index in [0.29, 0.717) is 66.5 Å². The molecule has 0 saturated heterocycles. The number of nitrogens with two attached hydrogens (primary N) is 1. The Bertz CT molecular complexity index is 1450. The highest BCUT2D eigenvalue weighted by atomic mass is 19.1. The van der Waals surface area contributed by atoms with Gasteiger partial charge < -0.3 is 25.0 Å². The maximum Gasteiger partial charge on any atom is 0.310 e. The predicted molar refractivity (Wildman–Crippen MR) is 162 cm³/mol. The number of Topliss-reactive ketones (excluding diaryl/α,β-unsaturated/α-hetero) is 1. The van der Waals surface area contributed by atoms with Crippen molar-refractivity contribution in [2.75, 3.05) is 33.0 Å². The molecule has 4 rings (SSSR count). The highest BCUT2D eigenvalue weighted by Gasteiger charge is 2.36. The van der Waals surface area contributed by atoms with Crippen LogP contribution in [0, 0.1) is 18.2 Å². The minimum atomic E-state index is -0.898. The number of ketones is 1. The standard InChI is InChI=1S/C32H44FN5O6/c1-18-29-26(15-32(3,4)16-27(29)40)37(36-18)21-12-24(33)30(31(34)42)25(13-21)35-20-8-10-22(11-9-20)44-28(41)14-23(43-19(2)39)17-38(5,6)7/h12-13,20,22-23H,8-11,14-17H2,1-7H3,(H2-,34,35,42)/p+1. The zero-order chi connectivity index (χ0) is 32.6. The van der Waals surface area contributed by atoms with E-state index in [9.17, 15) is 19.2 Å². The van der Waals surface area contributed by atoms with Gasteiger partial charge in [-0.3, -0.25) is 19.2 Å². The van der Waals surface area contributed by atoms with Gasteiger partial charge in [0.25, 0.3) is 5.91 Å². The molecule has 1 aromatic heterocycles. The number of primary amides is 1. The molecule has 3 N–H and O–H groups in total. The third-order valence-corrected chi connectivity index (χ3v) is 8.10. The van der Waals surface area contributed by atoms with E-state index in [4.69, 9.17) is 15.2 Å². The first-order valence-corrected chi connectivity index (χ1v) is 15.1. The van der Waals surface area contributed by atoms with Crippen LogP contribution in [-0.2, 0) is 25.5 Å². The fraction of sp³-hybridized carbons (Fsp3) is 0.594. The van der Waals surface area contributed by atoms with Crippen molar-refractivity contribution in [3.05, 3.63) is 40.5 Å². The molecule has 2 aliphatic carbocycles. The molecular weight excluding hydrogens is 569 g/mol. The Kier molecular flexibility index (Phi) is 9.53. The van der Waals surface area contributed by atoms with Crippen LogP contribution in [0.3, 0.4) is 0 Å². The van der Waals surface area contributed by atoms with Crippen molar-refractivity contribution >= 4 is 29.3 Å². The minimum absolute atomic E-state index is 0.0142. The maximum atomic E-state index is 15.4. The van der Waals surface area contributed by atoms with Crippen molar-refractivity contribution in [1.29, 1.82) is 0 Å². The number of ether oxygens (including phenoxy) is 2. The first-order chi connectivity index (χ1) is 20.4. The van der Waals surface area contributed by atoms with Crippen LogP contribution >= 0.6 is 0 Å². The molecule has 1 fully saturated rings. The van der Waals surface area contributed by atoms with E-state index in [1.54, 1.807) is 17.7 Å². The molecule has 0 spiro atoms. The van der Waals surface area contributed by atoms with Crippen LogP contribution in [0.4, 0.5) is 10.1 Å². The predicted octanol–water partition coefficient (Wildman–Crippen LogP) is 3.87. The summed E-state index contributed by atoms with van der Waals surface area (Å²) >= 11 is 0. The Morgan fingerprint density at radius 1 is 1.16 bits per heavy atom. The van der Waals surface area contributed by atoms with Gasteiger partial charge in [-0.25, -0.2) is 9.07 Å². The Labute approximate surface area is 257 Å². The summed E-state index contributed by atoms with van der Waals surface area (Å²) in [7, 11) is 5.85. The second-order valence-electron chi connectivity index (χ2n) is 14.0. The zero-order valence-corrected chi connectivity index (χ0v) is 26.8. The fourth-order valence-corrected chi connectivity index (χ4v) is 6.39. The summed E-state index contributed by atoms with van der Waals surface area (Å²) < 4.78 is 28.6. The highest BCUT2D eigenvalue weighted by molar-refractivity contribution is 6.00. The number of nitrogens with zero attached hydrogens (tertiary/aromatic N) is 3. The number of carbonyl (C=O) groups excluding carboxylic acids is 4. The smallest absolute Gasteiger partial charge is 0.310 e. The number of hydrogen-bond donors (Lipinski definition) is 2. The number of fused-ring (bicyclic) bond motifs is 1. The molecule has 44 heavy (non-hydrogen) atoms. The largest absolute Gasteiger partial charge is 0.462 e. The molecule has 1 aromatic carbocycles. The lowest BCUT2D eigenvalue weighted by Gasteiger charge is -2.31. The average Bonchev–Trinajstić information content (AvgIpc) is 3.18. The summed E-state index contributed by atoms with van der Waals surface area (Å²) in [5.41, 5.74) is 7.59. The molecule has 1 heterocycles. The lowest BCUT2D eigenvalue weighted by Crippen LogP contribution is -2.44. The van der Waals surface area contributed by atoms with E-state index in [1.165, 1.54) is 13.0 Å². The number of halogens is 1. The van der Waals surface area contributed by atoms with E-state index in [0.717, 1.165) is 5.69 Å². The monoisotopic (exact) mass is 614 g/mol. The first-order valence-electron chi connectivity index (χ1n) is 15.1. The quantitative estimate of drug-likeness (QED) is 0.303. The summed E-state index contributed by atoms with van der Waals surface area (Å²) in [6.07, 6.45) is 2.43. The molecule has 0 radical (unpaired) electrons. The number of rotatable bonds is 10. The van der Waals surface area contributed by atoms with Crippen molar-refractivity contribution in [3.63, 3.8) is 0 Å². The van der Waals surface area contributed by atoms with E-state index in [1.807, 2.05) is 35.0 Å². The summed E-state index contributed by atoms with van der Waals surface area (Å²) in [4.78, 5) is 49.4. The number of carbonyl (C=O) groups is 4. The van der Waals surface area contributed by atoms with Gasteiger partial charge in [-0.15, -0.1) is 0 Å². The summed E-state index contributed by atoms with van der Waals surface area (Å²) in [5, 5.41) is 7.88. The third-order valence-electron chi connectivity index (χ3n) is 8.10. The van der Waals surface area contributed by atoms with Gasteiger partial charge in [-0.05, 0) is 50.5 Å². The molecule has 1 saturated carbocycles. The summed E-state index contributed by atoms with van der Waals surface area (Å²) in [5.74, 6) is -2.53. The van der Waals surface area contributed by atoms with Crippen molar-refractivity contribution in [3.8, 4) is 5.69 Å². The van der Waals surface area contributed by atoms with Crippen LogP contribution < -0.4 is 11.1 Å². The Morgan fingerprint density at radius 2 is 1.82 bits per heavy atom. The van der Waals surface area contributed by atoms with Gasteiger partial charge in [0, 0.05) is 25.5 Å². The van der Waals surface area contributed by atoms with Gasteiger partial charge >= 0.3 is 11.9 Å². The Morgan fingerprint density at radius 3 is 2.41 bits per heavy atom. The lowest BCUT2D eigenvalue weighted by molar-refractivity contribution is -0.873. The zero-order valence-electron chi connectivity index (χ0n) is 26.8. The topological polar surface area (TPSA) is 143 Å². The number of amides is 1. The van der Waals surface area contributed by atoms with Crippen LogP contribution in [-0.4, -0.2) is 83.8 Å². The minimum Gasteiger partial charge on any atom is -0.462 e. The Hall–Kier alpha value is -3.80. The number of benzene rings is 1. The third kappa shape index (κ3) is 8.02. The van der Waals surface area contributed by atoms with Gasteiger partial charge in [-0.2, -0.15) is 5.10 Å². The van der Waals surface area contributed by atoms with Gasteiger partial charge in [0.15, 0.2) is 11.9 Å². The number of likely N-dealkylation sites (N-methyl/N-ethyl adjacent to an activating group) is 1. The van der Waals surface area contributed by atoms with Gasteiger partial charge in [-0.1, -0.05) is 13.8 Å². The molecule has 0 bridgehead atoms. The molecule has 1 amide bonds. The number of esters is 2. The second kappa shape index (κ2) is 12.7. The van der Waals surface area contributed by atoms with Crippen molar-refractivity contribution < 1.29 is 37.5 Å². The normalized spacial score (nSPS) is 20.4. The second-order valence-corrected chi connectivity index (χ2v) is 14.0. The molecule has 12 heteroatoms. The fourth-order valence-electron chi connectivity index (χ4n) is 6.39. The van der Waals surface area contributed by atoms with Crippen molar-refractivity contribution in [1.82, 2.24) is 9.78 Å². The van der Waals surface area contributed by atoms with E-state index in [2.05, 4.69) is 10.4 Å².